The Morgan fingerprint density at radius 1 is 1.00 bits per heavy atom. The van der Waals surface area contributed by atoms with Crippen molar-refractivity contribution in [3.63, 3.8) is 0 Å². The fourth-order valence-electron chi connectivity index (χ4n) is 5.48. The van der Waals surface area contributed by atoms with Crippen LogP contribution in [-0.2, 0) is 0 Å². The minimum atomic E-state index is 0.385. The van der Waals surface area contributed by atoms with Crippen molar-refractivity contribution in [3.05, 3.63) is 63.1 Å². The van der Waals surface area contributed by atoms with Gasteiger partial charge in [-0.1, -0.05) is 51.8 Å². The monoisotopic (exact) mass is 387 g/mol. The van der Waals surface area contributed by atoms with Gasteiger partial charge in [0.05, 0.1) is 16.8 Å². The SMILES string of the molecule is Clc1cccc2c1N[C@@H](c1ccc(Br)cc1)[C@@H]1[C@H]3CC[C@H](C3)[C@H]21. The average Bonchev–Trinajstić information content (AvgIpc) is 3.18. The molecule has 0 spiro atoms. The molecule has 1 heterocycles. The largest absolute Gasteiger partial charge is 0.376 e. The van der Waals surface area contributed by atoms with Gasteiger partial charge in [0.2, 0.25) is 0 Å². The minimum Gasteiger partial charge on any atom is -0.376 e. The van der Waals surface area contributed by atoms with Crippen molar-refractivity contribution < 1.29 is 0 Å². The van der Waals surface area contributed by atoms with E-state index in [1.54, 1.807) is 0 Å². The number of para-hydroxylation sites is 1. The van der Waals surface area contributed by atoms with Crippen molar-refractivity contribution >= 4 is 33.2 Å². The number of nitrogens with one attached hydrogen (secondary N) is 1. The number of halogens is 2. The molecule has 0 radical (unpaired) electrons. The zero-order valence-corrected chi connectivity index (χ0v) is 15.1. The van der Waals surface area contributed by atoms with Gasteiger partial charge in [-0.3, -0.25) is 0 Å². The van der Waals surface area contributed by atoms with Gasteiger partial charge < -0.3 is 5.32 Å². The van der Waals surface area contributed by atoms with Crippen LogP contribution in [0.1, 0.15) is 42.3 Å². The van der Waals surface area contributed by atoms with Crippen LogP contribution in [0.2, 0.25) is 5.02 Å². The van der Waals surface area contributed by atoms with E-state index >= 15 is 0 Å². The molecule has 2 aromatic carbocycles. The van der Waals surface area contributed by atoms with E-state index in [0.717, 1.165) is 21.3 Å². The zero-order valence-electron chi connectivity index (χ0n) is 12.8. The van der Waals surface area contributed by atoms with Crippen LogP contribution in [0.5, 0.6) is 0 Å². The number of fused-ring (bicyclic) bond motifs is 7. The molecule has 23 heavy (non-hydrogen) atoms. The normalized spacial score (nSPS) is 33.9. The van der Waals surface area contributed by atoms with Crippen LogP contribution in [-0.4, -0.2) is 0 Å². The van der Waals surface area contributed by atoms with E-state index in [0.29, 0.717) is 17.9 Å². The summed E-state index contributed by atoms with van der Waals surface area (Å²) >= 11 is 10.1. The highest BCUT2D eigenvalue weighted by Gasteiger charge is 2.53. The predicted molar refractivity (Wildman–Crippen MR) is 99.0 cm³/mol. The van der Waals surface area contributed by atoms with E-state index in [1.807, 2.05) is 6.07 Å². The van der Waals surface area contributed by atoms with Crippen molar-refractivity contribution in [2.24, 2.45) is 17.8 Å². The van der Waals surface area contributed by atoms with Crippen molar-refractivity contribution in [1.82, 2.24) is 0 Å². The summed E-state index contributed by atoms with van der Waals surface area (Å²) in [6, 6.07) is 15.6. The fraction of sp³-hybridized carbons (Fsp3) is 0.400. The summed E-state index contributed by atoms with van der Waals surface area (Å²) in [7, 11) is 0. The molecule has 1 N–H and O–H groups in total. The van der Waals surface area contributed by atoms with E-state index < -0.39 is 0 Å². The van der Waals surface area contributed by atoms with Crippen LogP contribution in [0, 0.1) is 17.8 Å². The van der Waals surface area contributed by atoms with Gasteiger partial charge in [-0.2, -0.15) is 0 Å². The second kappa shape index (κ2) is 5.26. The smallest absolute Gasteiger partial charge is 0.0640 e. The Morgan fingerprint density at radius 3 is 2.61 bits per heavy atom. The lowest BCUT2D eigenvalue weighted by Crippen LogP contribution is -2.35. The van der Waals surface area contributed by atoms with Crippen molar-refractivity contribution in [2.75, 3.05) is 5.32 Å². The first kappa shape index (κ1) is 14.4. The van der Waals surface area contributed by atoms with E-state index in [-0.39, 0.29) is 0 Å². The number of hydrogen-bond donors (Lipinski definition) is 1. The van der Waals surface area contributed by atoms with E-state index in [1.165, 1.54) is 36.1 Å². The number of anilines is 1. The van der Waals surface area contributed by atoms with Gasteiger partial charge in [-0.05, 0) is 72.3 Å². The molecule has 2 aromatic rings. The predicted octanol–water partition coefficient (Wildman–Crippen LogP) is 6.40. The summed E-state index contributed by atoms with van der Waals surface area (Å²) in [4.78, 5) is 0. The van der Waals surface area contributed by atoms with Crippen molar-refractivity contribution in [3.8, 4) is 0 Å². The molecule has 1 aliphatic heterocycles. The fourth-order valence-corrected chi connectivity index (χ4v) is 5.98. The molecule has 0 amide bonds. The van der Waals surface area contributed by atoms with Gasteiger partial charge in [0.1, 0.15) is 0 Å². The molecule has 2 aliphatic carbocycles. The number of hydrogen-bond acceptors (Lipinski definition) is 1. The van der Waals surface area contributed by atoms with Gasteiger partial charge in [0.15, 0.2) is 0 Å². The van der Waals surface area contributed by atoms with E-state index in [9.17, 15) is 0 Å². The van der Waals surface area contributed by atoms with E-state index in [2.05, 4.69) is 57.6 Å². The molecular formula is C20H19BrClN. The molecule has 3 aliphatic rings. The first-order chi connectivity index (χ1) is 11.2. The highest BCUT2D eigenvalue weighted by molar-refractivity contribution is 9.10. The second-order valence-electron chi connectivity index (χ2n) is 7.31. The number of benzene rings is 2. The van der Waals surface area contributed by atoms with Gasteiger partial charge in [-0.25, -0.2) is 0 Å². The molecule has 0 aromatic heterocycles. The van der Waals surface area contributed by atoms with E-state index in [4.69, 9.17) is 11.6 Å². The Morgan fingerprint density at radius 2 is 1.78 bits per heavy atom. The van der Waals surface area contributed by atoms with Crippen molar-refractivity contribution in [2.45, 2.75) is 31.2 Å². The lowest BCUT2D eigenvalue weighted by atomic mass is 9.68. The van der Waals surface area contributed by atoms with Gasteiger partial charge >= 0.3 is 0 Å². The summed E-state index contributed by atoms with van der Waals surface area (Å²) < 4.78 is 1.14. The maximum Gasteiger partial charge on any atom is 0.0640 e. The molecule has 3 heteroatoms. The Hall–Kier alpha value is -0.990. The Labute approximate surface area is 150 Å². The first-order valence-corrected chi connectivity index (χ1v) is 9.70. The third-order valence-electron chi connectivity index (χ3n) is 6.30. The Kier molecular flexibility index (Phi) is 3.28. The molecule has 1 nitrogen and oxygen atoms in total. The topological polar surface area (TPSA) is 12.0 Å². The number of rotatable bonds is 1. The van der Waals surface area contributed by atoms with Gasteiger partial charge in [-0.15, -0.1) is 0 Å². The minimum absolute atomic E-state index is 0.385. The van der Waals surface area contributed by atoms with Crippen LogP contribution in [0.4, 0.5) is 5.69 Å². The molecule has 0 unspecified atom stereocenters. The summed E-state index contributed by atoms with van der Waals surface area (Å²) in [5.74, 6) is 3.10. The highest BCUT2D eigenvalue weighted by Crippen LogP contribution is 2.64. The third-order valence-corrected chi connectivity index (χ3v) is 7.14. The lowest BCUT2D eigenvalue weighted by Gasteiger charge is -2.43. The van der Waals surface area contributed by atoms with Crippen LogP contribution in [0.25, 0.3) is 0 Å². The molecule has 2 saturated carbocycles. The molecule has 0 saturated heterocycles. The van der Waals surface area contributed by atoms with Gasteiger partial charge in [0, 0.05) is 4.47 Å². The molecule has 2 fully saturated rings. The first-order valence-electron chi connectivity index (χ1n) is 8.53. The van der Waals surface area contributed by atoms with Crippen LogP contribution in [0.15, 0.2) is 46.9 Å². The summed E-state index contributed by atoms with van der Waals surface area (Å²) in [5.41, 5.74) is 4.03. The standard InChI is InChI=1S/C20H19BrClN/c21-14-8-6-11(7-9-14)19-18-13-5-4-12(10-13)17(18)15-2-1-3-16(22)20(15)23-19/h1-3,6-9,12-13,17-19,23H,4-5,10H2/t12-,13+,17-,18-,19+/m1/s1. The molecule has 118 valence electrons. The van der Waals surface area contributed by atoms with Crippen molar-refractivity contribution in [1.29, 1.82) is 0 Å². The Bertz CT molecular complexity index is 757. The maximum absolute atomic E-state index is 6.54. The summed E-state index contributed by atoms with van der Waals surface area (Å²) in [5, 5.41) is 4.68. The average molecular weight is 389 g/mol. The molecule has 2 bridgehead atoms. The third kappa shape index (κ3) is 2.11. The molecule has 5 rings (SSSR count). The quantitative estimate of drug-likeness (QED) is 0.596. The Balaban J connectivity index is 1.65. The zero-order chi connectivity index (χ0) is 15.6. The van der Waals surface area contributed by atoms with Crippen LogP contribution < -0.4 is 5.32 Å². The highest BCUT2D eigenvalue weighted by atomic mass is 79.9. The van der Waals surface area contributed by atoms with Gasteiger partial charge in [0.25, 0.3) is 0 Å². The van der Waals surface area contributed by atoms with Crippen LogP contribution in [0.3, 0.4) is 0 Å². The maximum atomic E-state index is 6.54. The second-order valence-corrected chi connectivity index (χ2v) is 8.64. The van der Waals surface area contributed by atoms with Crippen LogP contribution >= 0.6 is 27.5 Å². The molecular weight excluding hydrogens is 370 g/mol. The summed E-state index contributed by atoms with van der Waals surface area (Å²) in [6.45, 7) is 0. The summed E-state index contributed by atoms with van der Waals surface area (Å²) in [6.07, 6.45) is 4.19. The lowest BCUT2D eigenvalue weighted by molar-refractivity contribution is 0.247. The molecule has 5 atom stereocenters.